The number of methoxy groups -OCH3 is 1. The van der Waals surface area contributed by atoms with Gasteiger partial charge in [0, 0.05) is 55.8 Å². The molecule has 0 spiro atoms. The molecule has 0 bridgehead atoms. The highest BCUT2D eigenvalue weighted by Gasteiger charge is 2.16. The number of hydrogen-bond donors (Lipinski definition) is 3. The highest BCUT2D eigenvalue weighted by Crippen LogP contribution is 2.35. The van der Waals surface area contributed by atoms with Crippen molar-refractivity contribution in [1.82, 2.24) is 24.9 Å². The lowest BCUT2D eigenvalue weighted by Crippen LogP contribution is -2.27. The van der Waals surface area contributed by atoms with Crippen LogP contribution in [0.3, 0.4) is 0 Å². The fourth-order valence-corrected chi connectivity index (χ4v) is 4.04. The molecule has 4 rings (SSSR count). The summed E-state index contributed by atoms with van der Waals surface area (Å²) >= 11 is 0. The molecule has 0 aliphatic carbocycles. The second-order valence-corrected chi connectivity index (χ2v) is 8.46. The summed E-state index contributed by atoms with van der Waals surface area (Å²) in [5.41, 5.74) is 11.4. The van der Waals surface area contributed by atoms with E-state index < -0.39 is 5.91 Å². The second kappa shape index (κ2) is 11.4. The summed E-state index contributed by atoms with van der Waals surface area (Å²) in [5.74, 6) is 5.64. The van der Waals surface area contributed by atoms with Gasteiger partial charge in [0.05, 0.1) is 30.2 Å². The van der Waals surface area contributed by atoms with Gasteiger partial charge in [0.2, 0.25) is 5.95 Å². The van der Waals surface area contributed by atoms with E-state index >= 15 is 0 Å². The Labute approximate surface area is 215 Å². The number of aryl methyl sites for hydroxylation is 1. The van der Waals surface area contributed by atoms with Gasteiger partial charge in [0.15, 0.2) is 0 Å². The number of fused-ring (bicyclic) bond motifs is 1. The Morgan fingerprint density at radius 2 is 2.11 bits per heavy atom. The number of nitrogens with two attached hydrogens (primary N) is 1. The third kappa shape index (κ3) is 5.79. The van der Waals surface area contributed by atoms with Crippen molar-refractivity contribution in [2.45, 2.75) is 13.3 Å². The third-order valence-electron chi connectivity index (χ3n) is 5.91. The largest absolute Gasteiger partial charge is 0.494 e. The van der Waals surface area contributed by atoms with Crippen molar-refractivity contribution in [2.75, 3.05) is 44.5 Å². The molecule has 190 valence electrons. The molecule has 10 nitrogen and oxygen atoms in total. The van der Waals surface area contributed by atoms with Crippen LogP contribution in [0, 0.1) is 18.8 Å². The first-order valence-electron chi connectivity index (χ1n) is 11.8. The lowest BCUT2D eigenvalue weighted by molar-refractivity contribution is -0.112. The summed E-state index contributed by atoms with van der Waals surface area (Å²) in [5, 5.41) is 10.9. The Hall–Kier alpha value is -4.62. The molecule has 3 heterocycles. The zero-order chi connectivity index (χ0) is 26.4. The van der Waals surface area contributed by atoms with Crippen LogP contribution >= 0.6 is 0 Å². The zero-order valence-electron chi connectivity index (χ0n) is 21.4. The molecule has 4 N–H and O–H groups in total. The SMILES string of the molecule is CNCCN(C)c1cc(OC)c(Nc2nccc(-c3cnn4c(C)cccc34)n2)cc1CC#CC(N)=O. The van der Waals surface area contributed by atoms with Gasteiger partial charge in [-0.15, -0.1) is 0 Å². The lowest BCUT2D eigenvalue weighted by Gasteiger charge is -2.24. The van der Waals surface area contributed by atoms with E-state index in [1.54, 1.807) is 19.5 Å². The standard InChI is InChI=1S/C27H30N8O2/c1-18-7-5-9-23-20(17-31-35(18)23)21-11-12-30-27(32-21)33-22-15-19(8-6-10-26(28)36)24(16-25(22)37-4)34(3)14-13-29-2/h5,7,9,11-12,15-17,29H,8,13-14H2,1-4H3,(H2,28,36)(H,30,32,33). The fraction of sp³-hybridized carbons (Fsp3) is 0.259. The summed E-state index contributed by atoms with van der Waals surface area (Å²) in [6.07, 6.45) is 3.85. The molecule has 0 aliphatic heterocycles. The molecule has 0 saturated heterocycles. The topological polar surface area (TPSA) is 123 Å². The molecule has 4 aromatic rings. The first-order chi connectivity index (χ1) is 17.9. The van der Waals surface area contributed by atoms with Crippen LogP contribution in [0.25, 0.3) is 16.8 Å². The average Bonchev–Trinajstić information content (AvgIpc) is 3.33. The van der Waals surface area contributed by atoms with Crippen LogP contribution in [0.5, 0.6) is 5.75 Å². The minimum Gasteiger partial charge on any atom is -0.494 e. The van der Waals surface area contributed by atoms with Gasteiger partial charge in [0.25, 0.3) is 5.91 Å². The maximum absolute atomic E-state index is 11.2. The van der Waals surface area contributed by atoms with Crippen LogP contribution < -0.4 is 26.0 Å². The van der Waals surface area contributed by atoms with Crippen molar-refractivity contribution < 1.29 is 9.53 Å². The molecule has 0 atom stereocenters. The molecule has 10 heteroatoms. The third-order valence-corrected chi connectivity index (χ3v) is 5.91. The lowest BCUT2D eigenvalue weighted by atomic mass is 10.1. The maximum atomic E-state index is 11.2. The highest BCUT2D eigenvalue weighted by molar-refractivity contribution is 5.92. The van der Waals surface area contributed by atoms with Crippen molar-refractivity contribution in [3.05, 3.63) is 60.0 Å². The normalized spacial score (nSPS) is 10.6. The Morgan fingerprint density at radius 3 is 2.86 bits per heavy atom. The number of ether oxygens (including phenoxy) is 1. The van der Waals surface area contributed by atoms with Crippen molar-refractivity contribution in [3.63, 3.8) is 0 Å². The van der Waals surface area contributed by atoms with Gasteiger partial charge in [-0.25, -0.2) is 14.5 Å². The summed E-state index contributed by atoms with van der Waals surface area (Å²) in [6, 6.07) is 11.8. The van der Waals surface area contributed by atoms with E-state index in [1.807, 2.05) is 61.9 Å². The van der Waals surface area contributed by atoms with Crippen LogP contribution in [0.2, 0.25) is 0 Å². The average molecular weight is 499 g/mol. The summed E-state index contributed by atoms with van der Waals surface area (Å²) in [6.45, 7) is 3.58. The number of hydrogen-bond acceptors (Lipinski definition) is 8. The molecule has 37 heavy (non-hydrogen) atoms. The number of likely N-dealkylation sites (N-methyl/N-ethyl adjacent to an activating group) is 2. The van der Waals surface area contributed by atoms with E-state index in [1.165, 1.54) is 0 Å². The molecule has 1 amide bonds. The number of nitrogens with one attached hydrogen (secondary N) is 2. The van der Waals surface area contributed by atoms with E-state index in [0.717, 1.165) is 46.8 Å². The highest BCUT2D eigenvalue weighted by atomic mass is 16.5. The van der Waals surface area contributed by atoms with Gasteiger partial charge in [0.1, 0.15) is 5.75 Å². The summed E-state index contributed by atoms with van der Waals surface area (Å²) in [7, 11) is 5.51. The smallest absolute Gasteiger partial charge is 0.293 e. The summed E-state index contributed by atoms with van der Waals surface area (Å²) < 4.78 is 7.59. The maximum Gasteiger partial charge on any atom is 0.293 e. The summed E-state index contributed by atoms with van der Waals surface area (Å²) in [4.78, 5) is 22.4. The van der Waals surface area contributed by atoms with Gasteiger partial charge in [-0.05, 0) is 49.7 Å². The van der Waals surface area contributed by atoms with Crippen molar-refractivity contribution >= 4 is 28.7 Å². The van der Waals surface area contributed by atoms with E-state index in [0.29, 0.717) is 23.8 Å². The molecule has 3 aromatic heterocycles. The van der Waals surface area contributed by atoms with E-state index in [4.69, 9.17) is 15.5 Å². The Bertz CT molecular complexity index is 1490. The monoisotopic (exact) mass is 498 g/mol. The molecule has 0 radical (unpaired) electrons. The van der Waals surface area contributed by atoms with Gasteiger partial charge in [-0.3, -0.25) is 4.79 Å². The molecule has 0 fully saturated rings. The van der Waals surface area contributed by atoms with E-state index in [-0.39, 0.29) is 0 Å². The number of benzene rings is 1. The van der Waals surface area contributed by atoms with Gasteiger partial charge >= 0.3 is 0 Å². The second-order valence-electron chi connectivity index (χ2n) is 8.46. The van der Waals surface area contributed by atoms with Gasteiger partial charge < -0.3 is 26.0 Å². The first kappa shape index (κ1) is 25.5. The van der Waals surface area contributed by atoms with E-state index in [9.17, 15) is 4.79 Å². The number of carbonyl (C=O) groups is 1. The Kier molecular flexibility index (Phi) is 7.86. The quantitative estimate of drug-likeness (QED) is 0.301. The molecular formula is C27H30N8O2. The van der Waals surface area contributed by atoms with Gasteiger partial charge in [-0.2, -0.15) is 5.10 Å². The predicted octanol–water partition coefficient (Wildman–Crippen LogP) is 2.54. The van der Waals surface area contributed by atoms with Crippen molar-refractivity contribution in [1.29, 1.82) is 0 Å². The number of pyridine rings is 1. The predicted molar refractivity (Wildman–Crippen MR) is 145 cm³/mol. The van der Waals surface area contributed by atoms with Crippen LogP contribution in [0.4, 0.5) is 17.3 Å². The zero-order valence-corrected chi connectivity index (χ0v) is 21.4. The van der Waals surface area contributed by atoms with Crippen LogP contribution in [-0.4, -0.2) is 59.8 Å². The van der Waals surface area contributed by atoms with Crippen LogP contribution in [0.15, 0.2) is 48.8 Å². The van der Waals surface area contributed by atoms with Crippen LogP contribution in [0.1, 0.15) is 11.3 Å². The fourth-order valence-electron chi connectivity index (χ4n) is 4.04. The number of rotatable bonds is 9. The molecule has 0 saturated carbocycles. The first-order valence-corrected chi connectivity index (χ1v) is 11.8. The number of amides is 1. The van der Waals surface area contributed by atoms with Gasteiger partial charge in [-0.1, -0.05) is 12.0 Å². The number of carbonyl (C=O) groups excluding carboxylic acids is 1. The molecule has 0 aliphatic rings. The molecule has 0 unspecified atom stereocenters. The molecule has 1 aromatic carbocycles. The Balaban J connectivity index is 1.70. The number of primary amides is 1. The Morgan fingerprint density at radius 1 is 1.27 bits per heavy atom. The number of nitrogens with zero attached hydrogens (tertiary/aromatic N) is 5. The van der Waals surface area contributed by atoms with E-state index in [2.05, 4.69) is 37.5 Å². The van der Waals surface area contributed by atoms with Crippen molar-refractivity contribution in [2.24, 2.45) is 5.73 Å². The van der Waals surface area contributed by atoms with Crippen molar-refractivity contribution in [3.8, 4) is 28.8 Å². The minimum atomic E-state index is -0.662. The minimum absolute atomic E-state index is 0.337. The number of anilines is 3. The van der Waals surface area contributed by atoms with Crippen LogP contribution in [-0.2, 0) is 11.2 Å². The molecular weight excluding hydrogens is 468 g/mol. The number of aromatic nitrogens is 4.